The number of aryl methyl sites for hydroxylation is 1. The first kappa shape index (κ1) is 14.4. The van der Waals surface area contributed by atoms with E-state index in [1.54, 1.807) is 0 Å². The van der Waals surface area contributed by atoms with Crippen molar-refractivity contribution in [2.45, 2.75) is 32.1 Å². The Kier molecular flexibility index (Phi) is 4.90. The van der Waals surface area contributed by atoms with Crippen molar-refractivity contribution in [1.29, 1.82) is 0 Å². The smallest absolute Gasteiger partial charge is 0.0838 e. The molecule has 100 valence electrons. The summed E-state index contributed by atoms with van der Waals surface area (Å²) in [5, 5.41) is 0.625. The van der Waals surface area contributed by atoms with E-state index >= 15 is 0 Å². The Hall–Kier alpha value is -0.980. The third-order valence-electron chi connectivity index (χ3n) is 3.39. The second kappa shape index (κ2) is 6.45. The van der Waals surface area contributed by atoms with Crippen LogP contribution in [0.2, 0.25) is 5.02 Å². The molecule has 0 radical (unpaired) electrons. The van der Waals surface area contributed by atoms with E-state index < -0.39 is 0 Å². The van der Waals surface area contributed by atoms with Gasteiger partial charge in [-0.25, -0.2) is 0 Å². The Balaban J connectivity index is 2.28. The van der Waals surface area contributed by atoms with Crippen molar-refractivity contribution < 1.29 is 0 Å². The molecular weight excluding hydrogens is 275 g/mol. The predicted octanol–water partition coefficient (Wildman–Crippen LogP) is 5.93. The lowest BCUT2D eigenvalue weighted by molar-refractivity contribution is 0.920. The molecule has 0 aliphatic rings. The maximum absolute atomic E-state index is 6.58. The van der Waals surface area contributed by atoms with Gasteiger partial charge >= 0.3 is 0 Å². The highest BCUT2D eigenvalue weighted by molar-refractivity contribution is 6.31. The van der Waals surface area contributed by atoms with Crippen LogP contribution in [-0.2, 0) is 6.42 Å². The molecule has 2 heteroatoms. The first-order chi connectivity index (χ1) is 9.13. The minimum absolute atomic E-state index is 0.144. The molecule has 0 aromatic heterocycles. The molecule has 2 aromatic rings. The summed E-state index contributed by atoms with van der Waals surface area (Å²) in [5.74, 6) is 0. The number of alkyl halides is 1. The zero-order valence-electron chi connectivity index (χ0n) is 11.3. The number of hydrogen-bond donors (Lipinski definition) is 0. The molecule has 1 atom stereocenters. The zero-order valence-corrected chi connectivity index (χ0v) is 12.8. The Morgan fingerprint density at radius 2 is 1.74 bits per heavy atom. The van der Waals surface area contributed by atoms with Crippen LogP contribution in [0.4, 0.5) is 0 Å². The molecule has 0 nitrogen and oxygen atoms in total. The van der Waals surface area contributed by atoms with Crippen LogP contribution in [0.25, 0.3) is 0 Å². The van der Waals surface area contributed by atoms with E-state index in [1.165, 1.54) is 5.56 Å². The highest BCUT2D eigenvalue weighted by Crippen LogP contribution is 2.33. The molecule has 0 aliphatic heterocycles. The van der Waals surface area contributed by atoms with E-state index in [-0.39, 0.29) is 5.38 Å². The Morgan fingerprint density at radius 1 is 1.05 bits per heavy atom. The van der Waals surface area contributed by atoms with Gasteiger partial charge in [0.1, 0.15) is 0 Å². The Labute approximate surface area is 125 Å². The molecule has 19 heavy (non-hydrogen) atoms. The number of benzene rings is 2. The van der Waals surface area contributed by atoms with Gasteiger partial charge in [-0.05, 0) is 41.7 Å². The highest BCUT2D eigenvalue weighted by Gasteiger charge is 2.14. The summed E-state index contributed by atoms with van der Waals surface area (Å²) in [7, 11) is 0. The van der Waals surface area contributed by atoms with Gasteiger partial charge in [0.25, 0.3) is 0 Å². The first-order valence-corrected chi connectivity index (χ1v) is 7.42. The molecule has 2 rings (SSSR count). The van der Waals surface area contributed by atoms with Crippen LogP contribution in [-0.4, -0.2) is 0 Å². The Morgan fingerprint density at radius 3 is 2.37 bits per heavy atom. The van der Waals surface area contributed by atoms with Crippen LogP contribution in [0.5, 0.6) is 0 Å². The predicted molar refractivity (Wildman–Crippen MR) is 84.3 cm³/mol. The van der Waals surface area contributed by atoms with Gasteiger partial charge in [-0.1, -0.05) is 61.3 Å². The quantitative estimate of drug-likeness (QED) is 0.613. The van der Waals surface area contributed by atoms with Gasteiger partial charge in [-0.2, -0.15) is 0 Å². The fourth-order valence-electron chi connectivity index (χ4n) is 2.22. The largest absolute Gasteiger partial charge is 0.113 e. The molecule has 0 bridgehead atoms. The van der Waals surface area contributed by atoms with E-state index in [0.29, 0.717) is 0 Å². The van der Waals surface area contributed by atoms with Crippen molar-refractivity contribution in [2.24, 2.45) is 0 Å². The van der Waals surface area contributed by atoms with Crippen molar-refractivity contribution in [1.82, 2.24) is 0 Å². The average Bonchev–Trinajstić information content (AvgIpc) is 2.42. The SMILES string of the molecule is CCCc1ccc(C(Cl)c2cccc(Cl)c2C)cc1. The number of rotatable bonds is 4. The van der Waals surface area contributed by atoms with Crippen LogP contribution in [0, 0.1) is 6.92 Å². The third-order valence-corrected chi connectivity index (χ3v) is 4.29. The van der Waals surface area contributed by atoms with E-state index in [4.69, 9.17) is 23.2 Å². The van der Waals surface area contributed by atoms with E-state index in [0.717, 1.165) is 34.6 Å². The highest BCUT2D eigenvalue weighted by atomic mass is 35.5. The van der Waals surface area contributed by atoms with Gasteiger partial charge in [-0.3, -0.25) is 0 Å². The molecule has 0 spiro atoms. The van der Waals surface area contributed by atoms with E-state index in [9.17, 15) is 0 Å². The normalized spacial score (nSPS) is 12.4. The molecule has 2 aromatic carbocycles. The van der Waals surface area contributed by atoms with Crippen LogP contribution < -0.4 is 0 Å². The summed E-state index contributed by atoms with van der Waals surface area (Å²) in [6.07, 6.45) is 2.28. The van der Waals surface area contributed by atoms with Crippen LogP contribution in [0.1, 0.15) is 41.0 Å². The average molecular weight is 293 g/mol. The summed E-state index contributed by atoms with van der Waals surface area (Å²) in [6.45, 7) is 4.20. The lowest BCUT2D eigenvalue weighted by Gasteiger charge is -2.14. The minimum Gasteiger partial charge on any atom is -0.113 e. The molecule has 0 amide bonds. The lowest BCUT2D eigenvalue weighted by atomic mass is 9.98. The minimum atomic E-state index is -0.144. The van der Waals surface area contributed by atoms with Crippen LogP contribution in [0.15, 0.2) is 42.5 Å². The van der Waals surface area contributed by atoms with Crippen molar-refractivity contribution in [2.75, 3.05) is 0 Å². The van der Waals surface area contributed by atoms with Crippen LogP contribution >= 0.6 is 23.2 Å². The zero-order chi connectivity index (χ0) is 13.8. The van der Waals surface area contributed by atoms with E-state index in [2.05, 4.69) is 31.2 Å². The van der Waals surface area contributed by atoms with Crippen molar-refractivity contribution in [3.63, 3.8) is 0 Å². The van der Waals surface area contributed by atoms with Gasteiger partial charge in [0.15, 0.2) is 0 Å². The fraction of sp³-hybridized carbons (Fsp3) is 0.294. The molecule has 1 unspecified atom stereocenters. The van der Waals surface area contributed by atoms with Gasteiger partial charge in [0, 0.05) is 5.02 Å². The van der Waals surface area contributed by atoms with Crippen molar-refractivity contribution in [3.05, 3.63) is 69.7 Å². The molecule has 0 N–H and O–H groups in total. The topological polar surface area (TPSA) is 0 Å². The number of halogens is 2. The van der Waals surface area contributed by atoms with E-state index in [1.807, 2.05) is 25.1 Å². The van der Waals surface area contributed by atoms with Gasteiger partial charge in [0.05, 0.1) is 5.38 Å². The van der Waals surface area contributed by atoms with Gasteiger partial charge < -0.3 is 0 Å². The molecule has 0 heterocycles. The summed E-state index contributed by atoms with van der Waals surface area (Å²) in [4.78, 5) is 0. The molecule has 0 fully saturated rings. The maximum atomic E-state index is 6.58. The summed E-state index contributed by atoms with van der Waals surface area (Å²) in [5.41, 5.74) is 4.61. The summed E-state index contributed by atoms with van der Waals surface area (Å²) in [6, 6.07) is 14.4. The number of hydrogen-bond acceptors (Lipinski definition) is 0. The monoisotopic (exact) mass is 292 g/mol. The maximum Gasteiger partial charge on any atom is 0.0838 e. The Bertz CT molecular complexity index is 544. The van der Waals surface area contributed by atoms with Gasteiger partial charge in [0.2, 0.25) is 0 Å². The second-order valence-corrected chi connectivity index (χ2v) is 5.65. The van der Waals surface area contributed by atoms with Crippen LogP contribution in [0.3, 0.4) is 0 Å². The van der Waals surface area contributed by atoms with Gasteiger partial charge in [-0.15, -0.1) is 11.6 Å². The fourth-order valence-corrected chi connectivity index (χ4v) is 2.78. The molecule has 0 aliphatic carbocycles. The third kappa shape index (κ3) is 3.32. The molecular formula is C17H18Cl2. The van der Waals surface area contributed by atoms with Crippen molar-refractivity contribution in [3.8, 4) is 0 Å². The standard InChI is InChI=1S/C17H18Cl2/c1-3-5-13-8-10-14(11-9-13)17(19)15-6-4-7-16(18)12(15)2/h4,6-11,17H,3,5H2,1-2H3. The lowest BCUT2D eigenvalue weighted by Crippen LogP contribution is -1.97. The summed E-state index contributed by atoms with van der Waals surface area (Å²) >= 11 is 12.7. The summed E-state index contributed by atoms with van der Waals surface area (Å²) < 4.78 is 0. The van der Waals surface area contributed by atoms with Crippen molar-refractivity contribution >= 4 is 23.2 Å². The molecule has 0 saturated carbocycles. The second-order valence-electron chi connectivity index (χ2n) is 4.81. The first-order valence-electron chi connectivity index (χ1n) is 6.61. The molecule has 0 saturated heterocycles.